The lowest BCUT2D eigenvalue weighted by molar-refractivity contribution is -0.146. The number of hydrogen-bond acceptors (Lipinski definition) is 4. The van der Waals surface area contributed by atoms with Crippen molar-refractivity contribution in [3.63, 3.8) is 0 Å². The van der Waals surface area contributed by atoms with Crippen LogP contribution in [-0.4, -0.2) is 30.0 Å². The summed E-state index contributed by atoms with van der Waals surface area (Å²) < 4.78 is 4.98. The predicted molar refractivity (Wildman–Crippen MR) is 114 cm³/mol. The minimum atomic E-state index is -0.542. The van der Waals surface area contributed by atoms with Crippen LogP contribution in [0.1, 0.15) is 28.4 Å². The van der Waals surface area contributed by atoms with E-state index in [1.165, 1.54) is 7.11 Å². The Hall–Kier alpha value is -3.54. The number of amides is 1. The number of H-pyrrole nitrogens is 1. The van der Waals surface area contributed by atoms with Crippen molar-refractivity contribution >= 4 is 28.5 Å². The number of methoxy groups -OCH3 is 1. The van der Waals surface area contributed by atoms with Gasteiger partial charge in [0.15, 0.2) is 0 Å². The molecule has 0 fully saturated rings. The smallest absolute Gasteiger partial charge is 0.311 e. The molecule has 29 heavy (non-hydrogen) atoms. The summed E-state index contributed by atoms with van der Waals surface area (Å²) in [4.78, 5) is 28.2. The zero-order valence-corrected chi connectivity index (χ0v) is 16.6. The Morgan fingerprint density at radius 3 is 2.69 bits per heavy atom. The first-order valence-electron chi connectivity index (χ1n) is 9.38. The second kappa shape index (κ2) is 8.65. The van der Waals surface area contributed by atoms with Gasteiger partial charge in [-0.15, -0.1) is 0 Å². The van der Waals surface area contributed by atoms with E-state index in [0.29, 0.717) is 17.7 Å². The lowest BCUT2D eigenvalue weighted by Gasteiger charge is -2.23. The highest BCUT2D eigenvalue weighted by Gasteiger charge is 2.28. The molecule has 0 radical (unpaired) electrons. The highest BCUT2D eigenvalue weighted by Crippen LogP contribution is 2.19. The van der Waals surface area contributed by atoms with Crippen molar-refractivity contribution in [2.24, 2.45) is 11.7 Å². The lowest BCUT2D eigenvalue weighted by Crippen LogP contribution is -2.42. The van der Waals surface area contributed by atoms with Gasteiger partial charge in [0, 0.05) is 29.0 Å². The summed E-state index contributed by atoms with van der Waals surface area (Å²) in [5.41, 5.74) is 9.37. The van der Waals surface area contributed by atoms with Gasteiger partial charge >= 0.3 is 5.97 Å². The molecule has 0 aliphatic carbocycles. The quantitative estimate of drug-likeness (QED) is 0.539. The third-order valence-electron chi connectivity index (χ3n) is 5.04. The van der Waals surface area contributed by atoms with E-state index in [-0.39, 0.29) is 11.9 Å². The van der Waals surface area contributed by atoms with Crippen LogP contribution >= 0.6 is 0 Å². The third-order valence-corrected chi connectivity index (χ3v) is 5.04. The van der Waals surface area contributed by atoms with Crippen molar-refractivity contribution in [3.8, 4) is 0 Å². The first kappa shape index (κ1) is 20.2. The van der Waals surface area contributed by atoms with E-state index >= 15 is 0 Å². The van der Waals surface area contributed by atoms with Crippen LogP contribution in [0.25, 0.3) is 16.6 Å². The van der Waals surface area contributed by atoms with Crippen molar-refractivity contribution < 1.29 is 14.3 Å². The van der Waals surface area contributed by atoms with Gasteiger partial charge in [-0.2, -0.15) is 0 Å². The van der Waals surface area contributed by atoms with Gasteiger partial charge in [0.2, 0.25) is 0 Å². The maximum atomic E-state index is 12.7. The summed E-state index contributed by atoms with van der Waals surface area (Å²) in [5, 5.41) is 3.96. The van der Waals surface area contributed by atoms with Crippen LogP contribution in [0.5, 0.6) is 0 Å². The Kier molecular flexibility index (Phi) is 6.02. The van der Waals surface area contributed by atoms with Crippen molar-refractivity contribution in [2.75, 3.05) is 7.11 Å². The highest BCUT2D eigenvalue weighted by atomic mass is 16.5. The second-order valence-corrected chi connectivity index (χ2v) is 7.10. The SMILES string of the molecule is C=C(N)c1cccc(CC(C(=O)OC)C(C)NC(=O)c2ccc3cc[nH]c3c2)c1. The summed E-state index contributed by atoms with van der Waals surface area (Å²) in [7, 11) is 1.35. The number of esters is 1. The number of carbonyl (C=O) groups excluding carboxylic acids is 2. The van der Waals surface area contributed by atoms with Crippen LogP contribution < -0.4 is 11.1 Å². The van der Waals surface area contributed by atoms with Gasteiger partial charge in [-0.05, 0) is 54.1 Å². The Morgan fingerprint density at radius 1 is 1.17 bits per heavy atom. The topological polar surface area (TPSA) is 97.2 Å². The Balaban J connectivity index is 1.77. The van der Waals surface area contributed by atoms with Crippen LogP contribution in [0.4, 0.5) is 0 Å². The Morgan fingerprint density at radius 2 is 1.97 bits per heavy atom. The maximum Gasteiger partial charge on any atom is 0.311 e. The summed E-state index contributed by atoms with van der Waals surface area (Å²) >= 11 is 0. The average molecular weight is 391 g/mol. The van der Waals surface area contributed by atoms with E-state index in [2.05, 4.69) is 16.9 Å². The molecule has 0 bridgehead atoms. The van der Waals surface area contributed by atoms with E-state index in [1.807, 2.05) is 42.6 Å². The highest BCUT2D eigenvalue weighted by molar-refractivity contribution is 5.98. The van der Waals surface area contributed by atoms with E-state index in [9.17, 15) is 9.59 Å². The molecule has 4 N–H and O–H groups in total. The molecule has 0 aliphatic heterocycles. The van der Waals surface area contributed by atoms with Gasteiger partial charge < -0.3 is 20.8 Å². The molecule has 0 saturated carbocycles. The number of carbonyl (C=O) groups is 2. The van der Waals surface area contributed by atoms with Crippen molar-refractivity contribution in [1.29, 1.82) is 0 Å². The van der Waals surface area contributed by atoms with Crippen LogP contribution in [0.15, 0.2) is 61.3 Å². The number of fused-ring (bicyclic) bond motifs is 1. The van der Waals surface area contributed by atoms with E-state index in [4.69, 9.17) is 10.5 Å². The first-order valence-corrected chi connectivity index (χ1v) is 9.38. The molecule has 1 heterocycles. The summed E-state index contributed by atoms with van der Waals surface area (Å²) in [6.07, 6.45) is 2.23. The monoisotopic (exact) mass is 391 g/mol. The number of benzene rings is 2. The van der Waals surface area contributed by atoms with Crippen LogP contribution in [-0.2, 0) is 16.0 Å². The maximum absolute atomic E-state index is 12.7. The van der Waals surface area contributed by atoms with E-state index in [1.54, 1.807) is 19.1 Å². The zero-order valence-electron chi connectivity index (χ0n) is 16.6. The van der Waals surface area contributed by atoms with Gasteiger partial charge in [0.1, 0.15) is 0 Å². The molecule has 1 amide bonds. The minimum absolute atomic E-state index is 0.244. The molecule has 2 aromatic carbocycles. The Bertz CT molecular complexity index is 1050. The van der Waals surface area contributed by atoms with Crippen LogP contribution in [0, 0.1) is 5.92 Å². The Labute approximate surface area is 169 Å². The van der Waals surface area contributed by atoms with E-state index < -0.39 is 12.0 Å². The van der Waals surface area contributed by atoms with Gasteiger partial charge in [-0.25, -0.2) is 0 Å². The summed E-state index contributed by atoms with van der Waals surface area (Å²) in [6.45, 7) is 5.55. The number of rotatable bonds is 7. The second-order valence-electron chi connectivity index (χ2n) is 7.10. The fourth-order valence-corrected chi connectivity index (χ4v) is 3.35. The largest absolute Gasteiger partial charge is 0.469 e. The number of aromatic amines is 1. The molecule has 0 aliphatic rings. The predicted octanol–water partition coefficient (Wildman–Crippen LogP) is 3.25. The molecule has 3 rings (SSSR count). The van der Waals surface area contributed by atoms with Crippen LogP contribution in [0.3, 0.4) is 0 Å². The number of ether oxygens (including phenoxy) is 1. The number of hydrogen-bond donors (Lipinski definition) is 3. The molecule has 150 valence electrons. The summed E-state index contributed by atoms with van der Waals surface area (Å²) in [5.74, 6) is -1.17. The van der Waals surface area contributed by atoms with Crippen molar-refractivity contribution in [3.05, 3.63) is 78.0 Å². The molecule has 1 aromatic heterocycles. The van der Waals surface area contributed by atoms with Crippen LogP contribution in [0.2, 0.25) is 0 Å². The molecule has 0 saturated heterocycles. The number of nitrogens with two attached hydrogens (primary N) is 1. The fraction of sp³-hybridized carbons (Fsp3) is 0.217. The zero-order chi connectivity index (χ0) is 21.0. The molecular formula is C23H25N3O3. The normalized spacial score (nSPS) is 12.9. The first-order chi connectivity index (χ1) is 13.9. The minimum Gasteiger partial charge on any atom is -0.469 e. The third kappa shape index (κ3) is 4.66. The summed E-state index contributed by atoms with van der Waals surface area (Å²) in [6, 6.07) is 14.5. The van der Waals surface area contributed by atoms with Gasteiger partial charge in [-0.1, -0.05) is 30.8 Å². The lowest BCUT2D eigenvalue weighted by atomic mass is 9.92. The van der Waals surface area contributed by atoms with Crippen molar-refractivity contribution in [2.45, 2.75) is 19.4 Å². The standard InChI is InChI=1S/C23H25N3O3/c1-14(24)18-6-4-5-16(11-18)12-20(23(28)29-3)15(2)26-22(27)19-8-7-17-9-10-25-21(17)13-19/h4-11,13,15,20,25H,1,12,24H2,2-3H3,(H,26,27). The van der Waals surface area contributed by atoms with Crippen molar-refractivity contribution in [1.82, 2.24) is 10.3 Å². The van der Waals surface area contributed by atoms with Gasteiger partial charge in [0.25, 0.3) is 5.91 Å². The molecule has 2 atom stereocenters. The molecular weight excluding hydrogens is 366 g/mol. The molecule has 3 aromatic rings. The average Bonchev–Trinajstić information content (AvgIpc) is 3.19. The molecule has 6 nitrogen and oxygen atoms in total. The molecule has 6 heteroatoms. The number of nitrogens with one attached hydrogen (secondary N) is 2. The number of aromatic nitrogens is 1. The van der Waals surface area contributed by atoms with E-state index in [0.717, 1.165) is 22.0 Å². The van der Waals surface area contributed by atoms with Gasteiger partial charge in [0.05, 0.1) is 13.0 Å². The molecule has 0 spiro atoms. The molecule has 2 unspecified atom stereocenters. The van der Waals surface area contributed by atoms with Gasteiger partial charge in [-0.3, -0.25) is 9.59 Å². The fourth-order valence-electron chi connectivity index (χ4n) is 3.35.